The molecule has 4 nitrogen and oxygen atoms in total. The minimum absolute atomic E-state index is 0.309. The number of esters is 1. The molecule has 0 bridgehead atoms. The van der Waals surface area contributed by atoms with Crippen LogP contribution < -0.4 is 0 Å². The van der Waals surface area contributed by atoms with Crippen LogP contribution in [0.4, 0.5) is 0 Å². The van der Waals surface area contributed by atoms with E-state index in [2.05, 4.69) is 4.57 Å². The maximum atomic E-state index is 11.4. The maximum absolute atomic E-state index is 11.4. The van der Waals surface area contributed by atoms with E-state index < -0.39 is 0 Å². The molecule has 0 aliphatic rings. The minimum Gasteiger partial charge on any atom is -0.465 e. The summed E-state index contributed by atoms with van der Waals surface area (Å²) in [5, 5.41) is 1.03. The van der Waals surface area contributed by atoms with E-state index in [1.165, 1.54) is 7.11 Å². The molecule has 0 radical (unpaired) electrons. The van der Waals surface area contributed by atoms with Crippen molar-refractivity contribution >= 4 is 16.9 Å². The SMILES string of the molecule is COCCn1ccc2cc(C(=O)OC)ccc21. The van der Waals surface area contributed by atoms with Gasteiger partial charge in [-0.3, -0.25) is 0 Å². The molecule has 0 aliphatic carbocycles. The molecule has 0 atom stereocenters. The van der Waals surface area contributed by atoms with E-state index in [0.717, 1.165) is 17.4 Å². The van der Waals surface area contributed by atoms with Crippen LogP contribution in [0.3, 0.4) is 0 Å². The maximum Gasteiger partial charge on any atom is 0.337 e. The molecule has 0 saturated carbocycles. The Morgan fingerprint density at radius 1 is 1.29 bits per heavy atom. The van der Waals surface area contributed by atoms with Crippen LogP contribution in [0.5, 0.6) is 0 Å². The van der Waals surface area contributed by atoms with Crippen molar-refractivity contribution in [2.24, 2.45) is 0 Å². The van der Waals surface area contributed by atoms with E-state index in [1.54, 1.807) is 13.2 Å². The number of benzene rings is 1. The number of rotatable bonds is 4. The van der Waals surface area contributed by atoms with Crippen LogP contribution in [0.15, 0.2) is 30.5 Å². The Morgan fingerprint density at radius 2 is 2.12 bits per heavy atom. The largest absolute Gasteiger partial charge is 0.465 e. The molecule has 17 heavy (non-hydrogen) atoms. The molecule has 1 aromatic carbocycles. The molecule has 4 heteroatoms. The van der Waals surface area contributed by atoms with Crippen molar-refractivity contribution in [1.82, 2.24) is 4.57 Å². The Balaban J connectivity index is 2.34. The number of nitrogens with zero attached hydrogens (tertiary/aromatic N) is 1. The van der Waals surface area contributed by atoms with Gasteiger partial charge in [-0.2, -0.15) is 0 Å². The molecule has 0 N–H and O–H groups in total. The molecule has 0 spiro atoms. The Kier molecular flexibility index (Phi) is 3.44. The fourth-order valence-electron chi connectivity index (χ4n) is 1.83. The number of carbonyl (C=O) groups excluding carboxylic acids is 1. The van der Waals surface area contributed by atoms with Crippen molar-refractivity contribution in [2.45, 2.75) is 6.54 Å². The zero-order valence-corrected chi connectivity index (χ0v) is 9.97. The van der Waals surface area contributed by atoms with Crippen LogP contribution in [-0.4, -0.2) is 31.4 Å². The second-order valence-electron chi connectivity index (χ2n) is 3.77. The van der Waals surface area contributed by atoms with Gasteiger partial charge in [-0.1, -0.05) is 0 Å². The summed E-state index contributed by atoms with van der Waals surface area (Å²) in [6.07, 6.45) is 1.99. The Bertz CT molecular complexity index is 530. The summed E-state index contributed by atoms with van der Waals surface area (Å²) in [4.78, 5) is 11.4. The highest BCUT2D eigenvalue weighted by Gasteiger charge is 2.07. The molecule has 90 valence electrons. The van der Waals surface area contributed by atoms with Crippen molar-refractivity contribution in [1.29, 1.82) is 0 Å². The third kappa shape index (κ3) is 2.31. The van der Waals surface area contributed by atoms with Gasteiger partial charge in [0.15, 0.2) is 0 Å². The van der Waals surface area contributed by atoms with Crippen molar-refractivity contribution < 1.29 is 14.3 Å². The van der Waals surface area contributed by atoms with Crippen LogP contribution in [0.25, 0.3) is 10.9 Å². The van der Waals surface area contributed by atoms with Gasteiger partial charge in [0, 0.05) is 30.8 Å². The normalized spacial score (nSPS) is 10.7. The zero-order valence-electron chi connectivity index (χ0n) is 9.97. The Labute approximate surface area is 99.7 Å². The molecule has 1 heterocycles. The monoisotopic (exact) mass is 233 g/mol. The highest BCUT2D eigenvalue weighted by Crippen LogP contribution is 2.18. The lowest BCUT2D eigenvalue weighted by Gasteiger charge is -2.05. The summed E-state index contributed by atoms with van der Waals surface area (Å²) in [7, 11) is 3.07. The van der Waals surface area contributed by atoms with Gasteiger partial charge < -0.3 is 14.0 Å². The van der Waals surface area contributed by atoms with Crippen LogP contribution in [0.1, 0.15) is 10.4 Å². The number of carbonyl (C=O) groups is 1. The second-order valence-corrected chi connectivity index (χ2v) is 3.77. The number of hydrogen-bond acceptors (Lipinski definition) is 3. The average molecular weight is 233 g/mol. The van der Waals surface area contributed by atoms with Crippen molar-refractivity contribution in [3.63, 3.8) is 0 Å². The van der Waals surface area contributed by atoms with Gasteiger partial charge in [0.25, 0.3) is 0 Å². The highest BCUT2D eigenvalue weighted by atomic mass is 16.5. The summed E-state index contributed by atoms with van der Waals surface area (Å²) < 4.78 is 11.8. The molecule has 1 aromatic heterocycles. The first-order valence-corrected chi connectivity index (χ1v) is 5.42. The number of methoxy groups -OCH3 is 2. The topological polar surface area (TPSA) is 40.5 Å². The zero-order chi connectivity index (χ0) is 12.3. The highest BCUT2D eigenvalue weighted by molar-refractivity contribution is 5.94. The second kappa shape index (κ2) is 5.01. The first-order chi connectivity index (χ1) is 8.26. The molecule has 0 saturated heterocycles. The summed E-state index contributed by atoms with van der Waals surface area (Å²) in [5.41, 5.74) is 1.67. The van der Waals surface area contributed by atoms with E-state index in [-0.39, 0.29) is 5.97 Å². The molecule has 2 rings (SSSR count). The summed E-state index contributed by atoms with van der Waals surface area (Å²) in [5.74, 6) is -0.309. The Hall–Kier alpha value is -1.81. The van der Waals surface area contributed by atoms with Crippen molar-refractivity contribution in [3.05, 3.63) is 36.0 Å². The van der Waals surface area contributed by atoms with Crippen molar-refractivity contribution in [2.75, 3.05) is 20.8 Å². The van der Waals surface area contributed by atoms with Crippen LogP contribution >= 0.6 is 0 Å². The molecule has 0 unspecified atom stereocenters. The third-order valence-corrected chi connectivity index (χ3v) is 2.73. The van der Waals surface area contributed by atoms with Gasteiger partial charge in [0.1, 0.15) is 0 Å². The van der Waals surface area contributed by atoms with Gasteiger partial charge in [-0.25, -0.2) is 4.79 Å². The van der Waals surface area contributed by atoms with Gasteiger partial charge in [0.2, 0.25) is 0 Å². The number of aromatic nitrogens is 1. The minimum atomic E-state index is -0.309. The first-order valence-electron chi connectivity index (χ1n) is 5.42. The number of ether oxygens (including phenoxy) is 2. The molecule has 2 aromatic rings. The predicted molar refractivity (Wildman–Crippen MR) is 65.2 cm³/mol. The number of fused-ring (bicyclic) bond motifs is 1. The van der Waals surface area contributed by atoms with E-state index in [9.17, 15) is 4.79 Å². The summed E-state index contributed by atoms with van der Waals surface area (Å²) in [6.45, 7) is 1.47. The average Bonchev–Trinajstić information content (AvgIpc) is 2.77. The molecular weight excluding hydrogens is 218 g/mol. The van der Waals surface area contributed by atoms with Gasteiger partial charge >= 0.3 is 5.97 Å². The Morgan fingerprint density at radius 3 is 2.82 bits per heavy atom. The molecular formula is C13H15NO3. The molecule has 0 fully saturated rings. The standard InChI is InChI=1S/C13H15NO3/c1-16-8-7-14-6-5-10-9-11(13(15)17-2)3-4-12(10)14/h3-6,9H,7-8H2,1-2H3. The van der Waals surface area contributed by atoms with Gasteiger partial charge in [0.05, 0.1) is 19.3 Å². The van der Waals surface area contributed by atoms with Gasteiger partial charge in [-0.15, -0.1) is 0 Å². The van der Waals surface area contributed by atoms with Gasteiger partial charge in [-0.05, 0) is 24.3 Å². The van der Waals surface area contributed by atoms with E-state index in [1.807, 2.05) is 24.4 Å². The lowest BCUT2D eigenvalue weighted by Crippen LogP contribution is -2.03. The smallest absolute Gasteiger partial charge is 0.337 e. The summed E-state index contributed by atoms with van der Waals surface area (Å²) in [6, 6.07) is 7.52. The fourth-order valence-corrected chi connectivity index (χ4v) is 1.83. The first kappa shape index (κ1) is 11.7. The third-order valence-electron chi connectivity index (χ3n) is 2.73. The van der Waals surface area contributed by atoms with Crippen LogP contribution in [0, 0.1) is 0 Å². The predicted octanol–water partition coefficient (Wildman–Crippen LogP) is 2.07. The fraction of sp³-hybridized carbons (Fsp3) is 0.308. The lowest BCUT2D eigenvalue weighted by molar-refractivity contribution is 0.0601. The van der Waals surface area contributed by atoms with Crippen LogP contribution in [-0.2, 0) is 16.0 Å². The number of hydrogen-bond donors (Lipinski definition) is 0. The molecule has 0 amide bonds. The van der Waals surface area contributed by atoms with E-state index in [4.69, 9.17) is 9.47 Å². The van der Waals surface area contributed by atoms with Crippen LogP contribution in [0.2, 0.25) is 0 Å². The quantitative estimate of drug-likeness (QED) is 0.759. The van der Waals surface area contributed by atoms with E-state index in [0.29, 0.717) is 12.2 Å². The lowest BCUT2D eigenvalue weighted by atomic mass is 10.1. The summed E-state index contributed by atoms with van der Waals surface area (Å²) >= 11 is 0. The van der Waals surface area contributed by atoms with E-state index >= 15 is 0 Å². The molecule has 0 aliphatic heterocycles. The van der Waals surface area contributed by atoms with Crippen molar-refractivity contribution in [3.8, 4) is 0 Å².